The van der Waals surface area contributed by atoms with E-state index >= 15 is 0 Å². The van der Waals surface area contributed by atoms with Crippen LogP contribution >= 0.6 is 11.8 Å². The lowest BCUT2D eigenvalue weighted by molar-refractivity contribution is -0.143. The van der Waals surface area contributed by atoms with Crippen molar-refractivity contribution in [3.05, 3.63) is 0 Å². The molecule has 1 saturated heterocycles. The third kappa shape index (κ3) is 5.32. The highest BCUT2D eigenvalue weighted by Crippen LogP contribution is 2.21. The molecular weight excluding hydrogens is 276 g/mol. The monoisotopic (exact) mass is 302 g/mol. The summed E-state index contributed by atoms with van der Waals surface area (Å²) < 4.78 is 0. The Morgan fingerprint density at radius 2 is 1.95 bits per heavy atom. The number of nitrogens with zero attached hydrogens (tertiary/aromatic N) is 1. The summed E-state index contributed by atoms with van der Waals surface area (Å²) in [5.74, 6) is -0.397. The minimum atomic E-state index is -0.954. The summed E-state index contributed by atoms with van der Waals surface area (Å²) in [6.07, 6.45) is 4.76. The number of rotatable bonds is 8. The molecule has 5 nitrogen and oxygen atoms in total. The second-order valence-corrected chi connectivity index (χ2v) is 7.00. The van der Waals surface area contributed by atoms with Gasteiger partial charge in [-0.3, -0.25) is 4.79 Å². The molecule has 1 fully saturated rings. The maximum absolute atomic E-state index is 12.3. The third-order valence-electron chi connectivity index (χ3n) is 3.65. The van der Waals surface area contributed by atoms with Crippen LogP contribution in [-0.2, 0) is 9.59 Å². The number of likely N-dealkylation sites (tertiary alicyclic amines) is 1. The van der Waals surface area contributed by atoms with E-state index in [1.807, 2.05) is 20.1 Å². The number of carboxylic acid groups (broad SMARTS) is 1. The van der Waals surface area contributed by atoms with E-state index in [-0.39, 0.29) is 5.91 Å². The molecule has 0 saturated carbocycles. The number of hydrogen-bond acceptors (Lipinski definition) is 4. The number of aliphatic carboxylic acids is 1. The van der Waals surface area contributed by atoms with Gasteiger partial charge in [-0.05, 0) is 58.2 Å². The topological polar surface area (TPSA) is 69.6 Å². The lowest BCUT2D eigenvalue weighted by Gasteiger charge is -2.30. The van der Waals surface area contributed by atoms with Gasteiger partial charge in [0.2, 0.25) is 5.91 Å². The summed E-state index contributed by atoms with van der Waals surface area (Å²) >= 11 is 1.59. The van der Waals surface area contributed by atoms with E-state index < -0.39 is 17.4 Å². The van der Waals surface area contributed by atoms with E-state index in [0.717, 1.165) is 18.8 Å². The first kappa shape index (κ1) is 17.3. The molecule has 116 valence electrons. The van der Waals surface area contributed by atoms with Crippen molar-refractivity contribution < 1.29 is 14.7 Å². The summed E-state index contributed by atoms with van der Waals surface area (Å²) in [6, 6.07) is -0.784. The Morgan fingerprint density at radius 1 is 1.35 bits per heavy atom. The number of thioether (sulfide) groups is 1. The van der Waals surface area contributed by atoms with E-state index in [1.165, 1.54) is 12.8 Å². The molecule has 0 aromatic rings. The van der Waals surface area contributed by atoms with Gasteiger partial charge < -0.3 is 15.3 Å². The number of nitrogens with one attached hydrogen (secondary N) is 1. The first-order chi connectivity index (χ1) is 9.36. The van der Waals surface area contributed by atoms with Crippen LogP contribution in [0, 0.1) is 5.41 Å². The second-order valence-electron chi connectivity index (χ2n) is 6.01. The normalized spacial score (nSPS) is 17.9. The SMILES string of the molecule is CSCCC(NC(=O)C(C)(C)CN1CCCC1)C(=O)O. The van der Waals surface area contributed by atoms with Crippen molar-refractivity contribution in [1.82, 2.24) is 10.2 Å². The fraction of sp³-hybridized carbons (Fsp3) is 0.857. The maximum Gasteiger partial charge on any atom is 0.326 e. The Balaban J connectivity index is 2.54. The Kier molecular flexibility index (Phi) is 6.82. The van der Waals surface area contributed by atoms with Crippen molar-refractivity contribution in [1.29, 1.82) is 0 Å². The van der Waals surface area contributed by atoms with Gasteiger partial charge >= 0.3 is 5.97 Å². The first-order valence-electron chi connectivity index (χ1n) is 7.12. The zero-order valence-corrected chi connectivity index (χ0v) is 13.5. The van der Waals surface area contributed by atoms with Gasteiger partial charge in [-0.1, -0.05) is 0 Å². The van der Waals surface area contributed by atoms with Crippen LogP contribution < -0.4 is 5.32 Å². The molecule has 0 aromatic carbocycles. The lowest BCUT2D eigenvalue weighted by atomic mass is 9.91. The van der Waals surface area contributed by atoms with E-state index in [1.54, 1.807) is 11.8 Å². The van der Waals surface area contributed by atoms with Gasteiger partial charge in [-0.15, -0.1) is 0 Å². The minimum absolute atomic E-state index is 0.169. The van der Waals surface area contributed by atoms with Crippen LogP contribution in [0.1, 0.15) is 33.1 Å². The Labute approximate surface area is 125 Å². The zero-order chi connectivity index (χ0) is 15.2. The zero-order valence-electron chi connectivity index (χ0n) is 12.6. The lowest BCUT2D eigenvalue weighted by Crippen LogP contribution is -2.50. The van der Waals surface area contributed by atoms with Crippen molar-refractivity contribution in [2.24, 2.45) is 5.41 Å². The van der Waals surface area contributed by atoms with Crippen LogP contribution in [0.25, 0.3) is 0 Å². The molecule has 1 atom stereocenters. The largest absolute Gasteiger partial charge is 0.480 e. The minimum Gasteiger partial charge on any atom is -0.480 e. The van der Waals surface area contributed by atoms with Crippen molar-refractivity contribution in [2.75, 3.05) is 31.6 Å². The smallest absolute Gasteiger partial charge is 0.326 e. The molecular formula is C14H26N2O3S. The number of hydrogen-bond donors (Lipinski definition) is 2. The molecule has 1 amide bonds. The van der Waals surface area contributed by atoms with E-state index in [4.69, 9.17) is 5.11 Å². The molecule has 1 unspecified atom stereocenters. The average Bonchev–Trinajstić information content (AvgIpc) is 2.85. The summed E-state index contributed by atoms with van der Waals surface area (Å²) in [5, 5.41) is 11.9. The van der Waals surface area contributed by atoms with Crippen LogP contribution in [0.2, 0.25) is 0 Å². The molecule has 0 bridgehead atoms. The molecule has 0 aliphatic carbocycles. The molecule has 1 aliphatic heterocycles. The summed E-state index contributed by atoms with van der Waals surface area (Å²) in [7, 11) is 0. The Bertz CT molecular complexity index is 341. The standard InChI is InChI=1S/C14H26N2O3S/c1-14(2,10-16-7-4-5-8-16)13(19)15-11(12(17)18)6-9-20-3/h11H,4-10H2,1-3H3,(H,15,19)(H,17,18). The van der Waals surface area contributed by atoms with Crippen LogP contribution in [0.4, 0.5) is 0 Å². The maximum atomic E-state index is 12.3. The Morgan fingerprint density at radius 3 is 2.45 bits per heavy atom. The number of carboxylic acids is 1. The van der Waals surface area contributed by atoms with Gasteiger partial charge in [0.15, 0.2) is 0 Å². The van der Waals surface area contributed by atoms with Crippen molar-refractivity contribution in [2.45, 2.75) is 39.2 Å². The number of amides is 1. The quantitative estimate of drug-likeness (QED) is 0.710. The van der Waals surface area contributed by atoms with E-state index in [2.05, 4.69) is 10.2 Å². The summed E-state index contributed by atoms with van der Waals surface area (Å²) in [4.78, 5) is 25.8. The van der Waals surface area contributed by atoms with Gasteiger partial charge in [-0.25, -0.2) is 4.79 Å². The van der Waals surface area contributed by atoms with Crippen molar-refractivity contribution in [3.8, 4) is 0 Å². The van der Waals surface area contributed by atoms with Crippen molar-refractivity contribution in [3.63, 3.8) is 0 Å². The third-order valence-corrected chi connectivity index (χ3v) is 4.29. The highest BCUT2D eigenvalue weighted by atomic mass is 32.2. The fourth-order valence-electron chi connectivity index (χ4n) is 2.42. The summed E-state index contributed by atoms with van der Waals surface area (Å²) in [6.45, 7) is 6.52. The van der Waals surface area contributed by atoms with Crippen molar-refractivity contribution >= 4 is 23.6 Å². The van der Waals surface area contributed by atoms with E-state index in [9.17, 15) is 9.59 Å². The molecule has 0 radical (unpaired) electrons. The number of carbonyl (C=O) groups is 2. The highest BCUT2D eigenvalue weighted by molar-refractivity contribution is 7.98. The molecule has 6 heteroatoms. The molecule has 20 heavy (non-hydrogen) atoms. The van der Waals surface area contributed by atoms with Gasteiger partial charge in [0, 0.05) is 6.54 Å². The van der Waals surface area contributed by atoms with Crippen LogP contribution in [-0.4, -0.2) is 59.6 Å². The predicted octanol–water partition coefficient (Wildman–Crippen LogP) is 1.43. The molecule has 1 rings (SSSR count). The highest BCUT2D eigenvalue weighted by Gasteiger charge is 2.33. The van der Waals surface area contributed by atoms with Crippen LogP contribution in [0.3, 0.4) is 0 Å². The number of carbonyl (C=O) groups excluding carboxylic acids is 1. The predicted molar refractivity (Wildman–Crippen MR) is 82.0 cm³/mol. The van der Waals surface area contributed by atoms with Gasteiger partial charge in [0.25, 0.3) is 0 Å². The van der Waals surface area contributed by atoms with Gasteiger partial charge in [-0.2, -0.15) is 11.8 Å². The first-order valence-corrected chi connectivity index (χ1v) is 8.51. The van der Waals surface area contributed by atoms with Gasteiger partial charge in [0.1, 0.15) is 6.04 Å². The summed E-state index contributed by atoms with van der Waals surface area (Å²) in [5.41, 5.74) is -0.558. The Hall–Kier alpha value is -0.750. The average molecular weight is 302 g/mol. The molecule has 1 heterocycles. The van der Waals surface area contributed by atoms with Crippen LogP contribution in [0.5, 0.6) is 0 Å². The second kappa shape index (κ2) is 7.88. The molecule has 1 aliphatic rings. The van der Waals surface area contributed by atoms with Gasteiger partial charge in [0.05, 0.1) is 5.41 Å². The molecule has 0 spiro atoms. The fourth-order valence-corrected chi connectivity index (χ4v) is 2.89. The van der Waals surface area contributed by atoms with E-state index in [0.29, 0.717) is 13.0 Å². The molecule has 2 N–H and O–H groups in total. The molecule has 0 aromatic heterocycles. The van der Waals surface area contributed by atoms with Crippen LogP contribution in [0.15, 0.2) is 0 Å².